The summed E-state index contributed by atoms with van der Waals surface area (Å²) in [5.41, 5.74) is 6.57. The molecule has 0 bridgehead atoms. The average Bonchev–Trinajstić information content (AvgIpc) is 2.98. The number of hydrogen-bond acceptors (Lipinski definition) is 6. The van der Waals surface area contributed by atoms with E-state index in [1.54, 1.807) is 0 Å². The third kappa shape index (κ3) is 3.96. The highest BCUT2D eigenvalue weighted by Gasteiger charge is 2.54. The molecule has 0 radical (unpaired) electrons. The number of primary amides is 1. The monoisotopic (exact) mass is 401 g/mol. The minimum absolute atomic E-state index is 0.0468. The van der Waals surface area contributed by atoms with Crippen LogP contribution in [0.15, 0.2) is 30.3 Å². The van der Waals surface area contributed by atoms with Crippen LogP contribution in [0.3, 0.4) is 0 Å². The van der Waals surface area contributed by atoms with E-state index in [1.165, 1.54) is 11.3 Å². The average molecular weight is 401 g/mol. The lowest BCUT2D eigenvalue weighted by molar-refractivity contribution is -0.0855. The maximum Gasteiger partial charge on any atom is 0.407 e. The van der Waals surface area contributed by atoms with Gasteiger partial charge in [0, 0.05) is 6.04 Å². The maximum atomic E-state index is 11.9. The Balaban J connectivity index is 1.18. The van der Waals surface area contributed by atoms with Crippen molar-refractivity contribution >= 4 is 23.3 Å². The second kappa shape index (κ2) is 7.43. The topological polar surface area (TPSA) is 104 Å². The van der Waals surface area contributed by atoms with Crippen LogP contribution >= 0.6 is 11.3 Å². The van der Waals surface area contributed by atoms with E-state index in [-0.39, 0.29) is 30.3 Å². The summed E-state index contributed by atoms with van der Waals surface area (Å²) in [6.07, 6.45) is 3.32. The van der Waals surface area contributed by atoms with Crippen LogP contribution in [-0.4, -0.2) is 29.1 Å². The highest BCUT2D eigenvalue weighted by molar-refractivity contribution is 7.13. The summed E-state index contributed by atoms with van der Waals surface area (Å²) in [4.78, 5) is 28.1. The Hall–Kier alpha value is -2.61. The molecule has 2 aliphatic rings. The standard InChI is InChI=1S/C20H23N3O4S/c1-12-22-18(16(28-12)17(21)24)27-15-9-20(10-15)7-14(8-20)23-19(25)26-11-13-5-3-2-4-6-13/h2-6,14-15H,7-11H2,1H3,(H2,21,24)(H,23,25). The SMILES string of the molecule is Cc1nc(OC2CC3(CC(NC(=O)OCc4ccccc4)C3)C2)c(C(N)=O)s1. The number of nitrogens with zero attached hydrogens (tertiary/aromatic N) is 1. The van der Waals surface area contributed by atoms with Gasteiger partial charge in [-0.05, 0) is 43.6 Å². The zero-order chi connectivity index (χ0) is 19.7. The molecule has 4 rings (SSSR count). The molecule has 8 heteroatoms. The quantitative estimate of drug-likeness (QED) is 0.774. The summed E-state index contributed by atoms with van der Waals surface area (Å²) < 4.78 is 11.2. The highest BCUT2D eigenvalue weighted by Crippen LogP contribution is 2.56. The molecule has 3 N–H and O–H groups in total. The van der Waals surface area contributed by atoms with Gasteiger partial charge in [0.25, 0.3) is 5.91 Å². The second-order valence-corrected chi connectivity index (χ2v) is 8.89. The van der Waals surface area contributed by atoms with Gasteiger partial charge in [0.15, 0.2) is 4.88 Å². The highest BCUT2D eigenvalue weighted by atomic mass is 32.1. The molecule has 1 aromatic carbocycles. The fourth-order valence-electron chi connectivity index (χ4n) is 4.14. The summed E-state index contributed by atoms with van der Waals surface area (Å²) in [6, 6.07) is 9.76. The van der Waals surface area contributed by atoms with E-state index >= 15 is 0 Å². The Bertz CT molecular complexity index is 869. The molecule has 0 unspecified atom stereocenters. The molecule has 28 heavy (non-hydrogen) atoms. The molecule has 1 spiro atoms. The second-order valence-electron chi connectivity index (χ2n) is 7.69. The molecule has 148 valence electrons. The Morgan fingerprint density at radius 3 is 2.64 bits per heavy atom. The van der Waals surface area contributed by atoms with E-state index in [4.69, 9.17) is 15.2 Å². The van der Waals surface area contributed by atoms with E-state index in [2.05, 4.69) is 10.3 Å². The van der Waals surface area contributed by atoms with Gasteiger partial charge in [-0.15, -0.1) is 11.3 Å². The normalized spacial score (nSPS) is 25.5. The van der Waals surface area contributed by atoms with Crippen molar-refractivity contribution in [2.24, 2.45) is 11.1 Å². The zero-order valence-corrected chi connectivity index (χ0v) is 16.5. The Labute approximate surface area is 167 Å². The van der Waals surface area contributed by atoms with Crippen molar-refractivity contribution in [3.63, 3.8) is 0 Å². The Morgan fingerprint density at radius 2 is 1.96 bits per heavy atom. The van der Waals surface area contributed by atoms with Crippen LogP contribution in [-0.2, 0) is 11.3 Å². The first-order valence-electron chi connectivity index (χ1n) is 9.34. The first-order valence-corrected chi connectivity index (χ1v) is 10.2. The van der Waals surface area contributed by atoms with Crippen LogP contribution in [0.5, 0.6) is 5.88 Å². The van der Waals surface area contributed by atoms with E-state index in [0.717, 1.165) is 36.3 Å². The van der Waals surface area contributed by atoms with Crippen molar-refractivity contribution < 1.29 is 19.1 Å². The first-order chi connectivity index (χ1) is 13.4. The Kier molecular flexibility index (Phi) is 4.97. The number of alkyl carbamates (subject to hydrolysis) is 1. The Morgan fingerprint density at radius 1 is 1.25 bits per heavy atom. The molecular weight excluding hydrogens is 378 g/mol. The summed E-state index contributed by atoms with van der Waals surface area (Å²) >= 11 is 1.26. The number of aryl methyl sites for hydroxylation is 1. The summed E-state index contributed by atoms with van der Waals surface area (Å²) in [5.74, 6) is -0.148. The van der Waals surface area contributed by atoms with Crippen LogP contribution < -0.4 is 15.8 Å². The fourth-order valence-corrected chi connectivity index (χ4v) is 4.85. The number of benzene rings is 1. The lowest BCUT2D eigenvalue weighted by Crippen LogP contribution is -2.58. The van der Waals surface area contributed by atoms with Crippen molar-refractivity contribution in [2.45, 2.75) is 51.4 Å². The van der Waals surface area contributed by atoms with Gasteiger partial charge in [0.2, 0.25) is 5.88 Å². The van der Waals surface area contributed by atoms with Gasteiger partial charge in [-0.25, -0.2) is 9.78 Å². The van der Waals surface area contributed by atoms with Crippen molar-refractivity contribution in [3.8, 4) is 5.88 Å². The number of carbonyl (C=O) groups excluding carboxylic acids is 2. The van der Waals surface area contributed by atoms with Gasteiger partial charge in [0.1, 0.15) is 12.7 Å². The van der Waals surface area contributed by atoms with Crippen LogP contribution in [0.2, 0.25) is 0 Å². The third-order valence-electron chi connectivity index (χ3n) is 5.42. The molecule has 0 atom stereocenters. The lowest BCUT2D eigenvalue weighted by atomic mass is 9.53. The number of nitrogens with one attached hydrogen (secondary N) is 1. The lowest BCUT2D eigenvalue weighted by Gasteiger charge is -2.56. The molecule has 7 nitrogen and oxygen atoms in total. The summed E-state index contributed by atoms with van der Waals surface area (Å²) in [7, 11) is 0. The van der Waals surface area contributed by atoms with Gasteiger partial charge in [0.05, 0.1) is 5.01 Å². The van der Waals surface area contributed by atoms with Gasteiger partial charge in [-0.2, -0.15) is 0 Å². The number of carbonyl (C=O) groups is 2. The van der Waals surface area contributed by atoms with Crippen molar-refractivity contribution in [1.82, 2.24) is 10.3 Å². The van der Waals surface area contributed by atoms with Crippen LogP contribution in [0.4, 0.5) is 4.79 Å². The minimum atomic E-state index is -0.503. The number of hydrogen-bond donors (Lipinski definition) is 2. The predicted octanol–water partition coefficient (Wildman–Crippen LogP) is 3.17. The molecular formula is C20H23N3O4S. The van der Waals surface area contributed by atoms with Crippen LogP contribution in [0, 0.1) is 12.3 Å². The number of thiazole rings is 1. The van der Waals surface area contributed by atoms with Gasteiger partial charge in [-0.3, -0.25) is 4.79 Å². The van der Waals surface area contributed by atoms with E-state index in [0.29, 0.717) is 10.8 Å². The third-order valence-corrected chi connectivity index (χ3v) is 6.39. The molecule has 0 aliphatic heterocycles. The summed E-state index contributed by atoms with van der Waals surface area (Å²) in [5, 5.41) is 3.69. The van der Waals surface area contributed by atoms with Crippen molar-refractivity contribution in [3.05, 3.63) is 45.8 Å². The molecule has 0 saturated heterocycles. The molecule has 2 amide bonds. The van der Waals surface area contributed by atoms with Gasteiger partial charge < -0.3 is 20.5 Å². The molecule has 1 aromatic heterocycles. The molecule has 1 heterocycles. The van der Waals surface area contributed by atoms with E-state index in [1.807, 2.05) is 37.3 Å². The zero-order valence-electron chi connectivity index (χ0n) is 15.6. The van der Waals surface area contributed by atoms with Crippen LogP contribution in [0.25, 0.3) is 0 Å². The molecule has 2 fully saturated rings. The largest absolute Gasteiger partial charge is 0.473 e. The van der Waals surface area contributed by atoms with E-state index < -0.39 is 5.91 Å². The number of rotatable bonds is 6. The smallest absolute Gasteiger partial charge is 0.407 e. The van der Waals surface area contributed by atoms with Crippen molar-refractivity contribution in [1.29, 1.82) is 0 Å². The molecule has 2 aliphatic carbocycles. The van der Waals surface area contributed by atoms with Gasteiger partial charge >= 0.3 is 6.09 Å². The number of aromatic nitrogens is 1. The maximum absolute atomic E-state index is 11.9. The molecule has 2 saturated carbocycles. The van der Waals surface area contributed by atoms with Crippen molar-refractivity contribution in [2.75, 3.05) is 0 Å². The van der Waals surface area contributed by atoms with E-state index in [9.17, 15) is 9.59 Å². The fraction of sp³-hybridized carbons (Fsp3) is 0.450. The van der Waals surface area contributed by atoms with Gasteiger partial charge in [-0.1, -0.05) is 30.3 Å². The predicted molar refractivity (Wildman–Crippen MR) is 104 cm³/mol. The van der Waals surface area contributed by atoms with Crippen LogP contribution in [0.1, 0.15) is 45.9 Å². The number of amides is 2. The molecule has 2 aromatic rings. The first kappa shape index (κ1) is 18.7. The number of ether oxygens (including phenoxy) is 2. The minimum Gasteiger partial charge on any atom is -0.473 e. The summed E-state index contributed by atoms with van der Waals surface area (Å²) in [6.45, 7) is 2.10. The number of nitrogens with two attached hydrogens (primary N) is 1.